The van der Waals surface area contributed by atoms with Crippen molar-refractivity contribution < 1.29 is 9.53 Å². The molecule has 0 fully saturated rings. The second kappa shape index (κ2) is 10.8. The minimum atomic E-state index is -0.138. The van der Waals surface area contributed by atoms with Crippen LogP contribution in [0.15, 0.2) is 60.8 Å². The van der Waals surface area contributed by atoms with Gasteiger partial charge in [-0.05, 0) is 67.4 Å². The van der Waals surface area contributed by atoms with E-state index in [9.17, 15) is 4.79 Å². The van der Waals surface area contributed by atoms with Gasteiger partial charge < -0.3 is 4.74 Å². The van der Waals surface area contributed by atoms with E-state index >= 15 is 0 Å². The van der Waals surface area contributed by atoms with Crippen molar-refractivity contribution >= 4 is 44.2 Å². The Labute approximate surface area is 203 Å². The SMILES string of the molecule is CCCCCOc1ccc(C(=O)N(Cc2ccccn2)c2nc3c(C)cc(Cl)cc3s2)cc1. The van der Waals surface area contributed by atoms with E-state index in [-0.39, 0.29) is 5.91 Å². The zero-order valence-electron chi connectivity index (χ0n) is 18.8. The number of aromatic nitrogens is 2. The summed E-state index contributed by atoms with van der Waals surface area (Å²) in [6, 6.07) is 16.8. The van der Waals surface area contributed by atoms with Crippen LogP contribution in [0.25, 0.3) is 10.2 Å². The van der Waals surface area contributed by atoms with Crippen LogP contribution in [0, 0.1) is 6.92 Å². The number of carbonyl (C=O) groups is 1. The summed E-state index contributed by atoms with van der Waals surface area (Å²) in [5.74, 6) is 0.630. The summed E-state index contributed by atoms with van der Waals surface area (Å²) in [4.78, 5) is 24.5. The van der Waals surface area contributed by atoms with E-state index in [2.05, 4.69) is 11.9 Å². The number of hydrogen-bond donors (Lipinski definition) is 0. The van der Waals surface area contributed by atoms with Crippen molar-refractivity contribution in [3.05, 3.63) is 82.6 Å². The van der Waals surface area contributed by atoms with Crippen LogP contribution in [-0.2, 0) is 6.54 Å². The Kier molecular flexibility index (Phi) is 7.57. The number of unbranched alkanes of at least 4 members (excludes halogenated alkanes) is 2. The first-order valence-electron chi connectivity index (χ1n) is 11.1. The van der Waals surface area contributed by atoms with Gasteiger partial charge >= 0.3 is 0 Å². The fourth-order valence-electron chi connectivity index (χ4n) is 3.53. The lowest BCUT2D eigenvalue weighted by molar-refractivity contribution is 0.0984. The number of rotatable bonds is 9. The Morgan fingerprint density at radius 1 is 1.12 bits per heavy atom. The predicted molar refractivity (Wildman–Crippen MR) is 136 cm³/mol. The zero-order chi connectivity index (χ0) is 23.2. The summed E-state index contributed by atoms with van der Waals surface area (Å²) in [6.45, 7) is 5.14. The van der Waals surface area contributed by atoms with E-state index in [1.165, 1.54) is 11.3 Å². The molecule has 0 N–H and O–H groups in total. The number of anilines is 1. The fourth-order valence-corrected chi connectivity index (χ4v) is 4.95. The maximum Gasteiger partial charge on any atom is 0.260 e. The number of fused-ring (bicyclic) bond motifs is 1. The zero-order valence-corrected chi connectivity index (χ0v) is 20.3. The van der Waals surface area contributed by atoms with Crippen molar-refractivity contribution in [2.75, 3.05) is 11.5 Å². The van der Waals surface area contributed by atoms with Crippen molar-refractivity contribution in [2.24, 2.45) is 0 Å². The molecule has 2 aromatic carbocycles. The number of ether oxygens (including phenoxy) is 1. The smallest absolute Gasteiger partial charge is 0.260 e. The van der Waals surface area contributed by atoms with E-state index in [4.69, 9.17) is 21.3 Å². The number of amides is 1. The number of thiazole rings is 1. The average molecular weight is 480 g/mol. The molecule has 5 nitrogen and oxygen atoms in total. The van der Waals surface area contributed by atoms with E-state index in [0.29, 0.717) is 28.9 Å². The van der Waals surface area contributed by atoms with Gasteiger partial charge in [0.05, 0.1) is 29.1 Å². The molecule has 0 aliphatic rings. The molecule has 2 heterocycles. The molecule has 0 bridgehead atoms. The number of benzene rings is 2. The van der Waals surface area contributed by atoms with Crippen molar-refractivity contribution in [2.45, 2.75) is 39.7 Å². The van der Waals surface area contributed by atoms with Crippen LogP contribution in [0.4, 0.5) is 5.13 Å². The summed E-state index contributed by atoms with van der Waals surface area (Å²) >= 11 is 7.70. The molecule has 0 unspecified atom stereocenters. The monoisotopic (exact) mass is 479 g/mol. The first-order valence-corrected chi connectivity index (χ1v) is 12.3. The molecule has 0 spiro atoms. The second-order valence-electron chi connectivity index (χ2n) is 7.86. The van der Waals surface area contributed by atoms with E-state index in [1.54, 1.807) is 23.2 Å². The second-order valence-corrected chi connectivity index (χ2v) is 9.30. The summed E-state index contributed by atoms with van der Waals surface area (Å²) in [5, 5.41) is 1.28. The van der Waals surface area contributed by atoms with Crippen LogP contribution >= 0.6 is 22.9 Å². The third-order valence-electron chi connectivity index (χ3n) is 5.28. The summed E-state index contributed by atoms with van der Waals surface area (Å²) in [5.41, 5.74) is 3.19. The van der Waals surface area contributed by atoms with E-state index in [1.807, 2.05) is 49.4 Å². The standard InChI is InChI=1S/C26H26ClN3O2S/c1-3-4-7-14-32-22-11-9-19(10-12-22)25(31)30(17-21-8-5-6-13-28-21)26-29-24-18(2)15-20(27)16-23(24)33-26/h5-6,8-13,15-16H,3-4,7,14,17H2,1-2H3. The molecule has 0 saturated heterocycles. The number of halogens is 1. The van der Waals surface area contributed by atoms with Crippen LogP contribution in [0.2, 0.25) is 5.02 Å². The molecule has 0 aliphatic carbocycles. The van der Waals surface area contributed by atoms with Crippen LogP contribution in [0.1, 0.15) is 47.8 Å². The average Bonchev–Trinajstić information content (AvgIpc) is 3.25. The molecular formula is C26H26ClN3O2S. The third-order valence-corrected chi connectivity index (χ3v) is 6.52. The van der Waals surface area contributed by atoms with Gasteiger partial charge in [0.1, 0.15) is 5.75 Å². The number of nitrogens with zero attached hydrogens (tertiary/aromatic N) is 3. The highest BCUT2D eigenvalue weighted by atomic mass is 35.5. The molecule has 1 amide bonds. The summed E-state index contributed by atoms with van der Waals surface area (Å²) < 4.78 is 6.74. The number of hydrogen-bond acceptors (Lipinski definition) is 5. The van der Waals surface area contributed by atoms with E-state index in [0.717, 1.165) is 46.5 Å². The summed E-state index contributed by atoms with van der Waals surface area (Å²) in [6.07, 6.45) is 5.05. The Bertz CT molecular complexity index is 1230. The normalized spacial score (nSPS) is 11.0. The highest BCUT2D eigenvalue weighted by molar-refractivity contribution is 7.22. The lowest BCUT2D eigenvalue weighted by atomic mass is 10.2. The van der Waals surface area contributed by atoms with Crippen molar-refractivity contribution in [3.8, 4) is 5.75 Å². The number of carbonyl (C=O) groups excluding carboxylic acids is 1. The molecule has 0 saturated carbocycles. The Morgan fingerprint density at radius 2 is 1.94 bits per heavy atom. The minimum Gasteiger partial charge on any atom is -0.494 e. The molecule has 33 heavy (non-hydrogen) atoms. The lowest BCUT2D eigenvalue weighted by Crippen LogP contribution is -2.30. The summed E-state index contributed by atoms with van der Waals surface area (Å²) in [7, 11) is 0. The minimum absolute atomic E-state index is 0.138. The highest BCUT2D eigenvalue weighted by Crippen LogP contribution is 2.34. The molecule has 0 atom stereocenters. The Morgan fingerprint density at radius 3 is 2.67 bits per heavy atom. The molecule has 7 heteroatoms. The predicted octanol–water partition coefficient (Wildman–Crippen LogP) is 7.07. The quantitative estimate of drug-likeness (QED) is 0.241. The van der Waals surface area contributed by atoms with Gasteiger partial charge in [-0.25, -0.2) is 4.98 Å². The molecule has 170 valence electrons. The molecular weight excluding hydrogens is 454 g/mol. The Hall–Kier alpha value is -2.96. The van der Waals surface area contributed by atoms with Crippen LogP contribution < -0.4 is 9.64 Å². The fraction of sp³-hybridized carbons (Fsp3) is 0.269. The molecule has 2 aromatic heterocycles. The van der Waals surface area contributed by atoms with Crippen molar-refractivity contribution in [1.29, 1.82) is 0 Å². The lowest BCUT2D eigenvalue weighted by Gasteiger charge is -2.20. The molecule has 4 rings (SSSR count). The number of pyridine rings is 1. The van der Waals surface area contributed by atoms with Gasteiger partial charge in [0.2, 0.25) is 0 Å². The van der Waals surface area contributed by atoms with Crippen molar-refractivity contribution in [3.63, 3.8) is 0 Å². The van der Waals surface area contributed by atoms with Crippen LogP contribution in [0.5, 0.6) is 5.75 Å². The first kappa shape index (κ1) is 23.2. The van der Waals surface area contributed by atoms with Crippen LogP contribution in [0.3, 0.4) is 0 Å². The van der Waals surface area contributed by atoms with Crippen molar-refractivity contribution in [1.82, 2.24) is 9.97 Å². The maximum absolute atomic E-state index is 13.6. The van der Waals surface area contributed by atoms with E-state index < -0.39 is 0 Å². The number of aryl methyl sites for hydroxylation is 1. The first-order chi connectivity index (χ1) is 16.0. The van der Waals surface area contributed by atoms with Crippen LogP contribution in [-0.4, -0.2) is 22.5 Å². The highest BCUT2D eigenvalue weighted by Gasteiger charge is 2.23. The Balaban J connectivity index is 1.62. The maximum atomic E-state index is 13.6. The largest absolute Gasteiger partial charge is 0.494 e. The molecule has 0 radical (unpaired) electrons. The van der Waals surface area contributed by atoms with Gasteiger partial charge in [-0.15, -0.1) is 0 Å². The van der Waals surface area contributed by atoms with Gasteiger partial charge in [0.25, 0.3) is 5.91 Å². The molecule has 4 aromatic rings. The van der Waals surface area contributed by atoms with Gasteiger partial charge in [0.15, 0.2) is 5.13 Å². The topological polar surface area (TPSA) is 55.3 Å². The van der Waals surface area contributed by atoms with Gasteiger partial charge in [0, 0.05) is 16.8 Å². The van der Waals surface area contributed by atoms with Gasteiger partial charge in [-0.2, -0.15) is 0 Å². The third kappa shape index (κ3) is 5.70. The molecule has 0 aliphatic heterocycles. The van der Waals surface area contributed by atoms with Gasteiger partial charge in [-0.1, -0.05) is 48.8 Å². The van der Waals surface area contributed by atoms with Gasteiger partial charge in [-0.3, -0.25) is 14.7 Å².